The fourth-order valence-electron chi connectivity index (χ4n) is 2.26. The van der Waals surface area contributed by atoms with Gasteiger partial charge in [-0.05, 0) is 43.2 Å². The zero-order valence-corrected chi connectivity index (χ0v) is 15.8. The highest BCUT2D eigenvalue weighted by molar-refractivity contribution is 5.72. The van der Waals surface area contributed by atoms with Gasteiger partial charge in [0.1, 0.15) is 18.1 Å². The van der Waals surface area contributed by atoms with Crippen LogP contribution in [-0.4, -0.2) is 24.2 Å². The van der Waals surface area contributed by atoms with Gasteiger partial charge in [-0.1, -0.05) is 30.3 Å². The predicted octanol–water partition coefficient (Wildman–Crippen LogP) is 5.19. The molecule has 0 N–H and O–H groups in total. The number of ether oxygens (including phenoxy) is 3. The Morgan fingerprint density at radius 3 is 2.28 bits per heavy atom. The Bertz CT molecular complexity index is 805. The molecular formula is C21H21F3O5. The van der Waals surface area contributed by atoms with Crippen LogP contribution in [0.1, 0.15) is 31.7 Å². The molecule has 156 valence electrons. The fraction of sp³-hybridized carbons (Fsp3) is 0.333. The Kier molecular flexibility index (Phi) is 8.06. The van der Waals surface area contributed by atoms with Crippen LogP contribution in [0.4, 0.5) is 13.2 Å². The number of rotatable bonds is 9. The number of esters is 2. The predicted molar refractivity (Wildman–Crippen MR) is 98.2 cm³/mol. The molecule has 0 aromatic heterocycles. The monoisotopic (exact) mass is 410 g/mol. The summed E-state index contributed by atoms with van der Waals surface area (Å²) in [4.78, 5) is 23.1. The van der Waals surface area contributed by atoms with E-state index >= 15 is 0 Å². The van der Waals surface area contributed by atoms with E-state index in [1.165, 1.54) is 0 Å². The Labute approximate surface area is 166 Å². The molecule has 0 fully saturated rings. The van der Waals surface area contributed by atoms with Crippen molar-refractivity contribution >= 4 is 11.9 Å². The number of hydrogen-bond acceptors (Lipinski definition) is 5. The van der Waals surface area contributed by atoms with E-state index in [1.54, 1.807) is 24.3 Å². The van der Waals surface area contributed by atoms with Crippen LogP contribution in [0.15, 0.2) is 54.6 Å². The van der Waals surface area contributed by atoms with Crippen molar-refractivity contribution in [1.29, 1.82) is 0 Å². The molecule has 1 atom stereocenters. The molecule has 5 nitrogen and oxygen atoms in total. The van der Waals surface area contributed by atoms with Gasteiger partial charge in [0, 0.05) is 12.8 Å². The Morgan fingerprint density at radius 2 is 1.59 bits per heavy atom. The maximum Gasteiger partial charge on any atom is 0.425 e. The Morgan fingerprint density at radius 1 is 0.931 bits per heavy atom. The van der Waals surface area contributed by atoms with Crippen LogP contribution in [0.25, 0.3) is 0 Å². The molecule has 0 heterocycles. The normalized spacial score (nSPS) is 12.1. The van der Waals surface area contributed by atoms with Gasteiger partial charge in [0.2, 0.25) is 0 Å². The molecule has 0 bridgehead atoms. The molecule has 1 unspecified atom stereocenters. The van der Waals surface area contributed by atoms with E-state index in [1.807, 2.05) is 30.3 Å². The number of carbonyl (C=O) groups excluding carboxylic acids is 2. The summed E-state index contributed by atoms with van der Waals surface area (Å²) < 4.78 is 52.0. The summed E-state index contributed by atoms with van der Waals surface area (Å²) in [7, 11) is 0. The minimum atomic E-state index is -4.60. The number of halogens is 3. The topological polar surface area (TPSA) is 61.8 Å². The number of carbonyl (C=O) groups is 2. The molecule has 0 aliphatic rings. The summed E-state index contributed by atoms with van der Waals surface area (Å²) >= 11 is 0. The van der Waals surface area contributed by atoms with Gasteiger partial charge < -0.3 is 14.2 Å². The molecule has 2 aromatic rings. The summed E-state index contributed by atoms with van der Waals surface area (Å²) in [6.07, 6.45) is -7.13. The molecule has 0 aliphatic heterocycles. The van der Waals surface area contributed by atoms with Gasteiger partial charge in [-0.25, -0.2) is 0 Å². The van der Waals surface area contributed by atoms with Crippen LogP contribution < -0.4 is 4.74 Å². The average Bonchev–Trinajstić information content (AvgIpc) is 2.67. The fourth-order valence-corrected chi connectivity index (χ4v) is 2.26. The molecule has 0 aliphatic carbocycles. The first-order valence-electron chi connectivity index (χ1n) is 8.97. The zero-order valence-electron chi connectivity index (χ0n) is 15.8. The van der Waals surface area contributed by atoms with Crippen LogP contribution >= 0.6 is 0 Å². The second kappa shape index (κ2) is 10.5. The Balaban J connectivity index is 1.71. The lowest BCUT2D eigenvalue weighted by molar-refractivity contribution is -0.216. The summed E-state index contributed by atoms with van der Waals surface area (Å²) in [6, 6.07) is 16.2. The minimum absolute atomic E-state index is 0.0143. The largest absolute Gasteiger partial charge is 0.461 e. The van der Waals surface area contributed by atoms with Crippen molar-refractivity contribution in [2.75, 3.05) is 0 Å². The van der Waals surface area contributed by atoms with Crippen molar-refractivity contribution in [2.45, 2.75) is 45.1 Å². The quantitative estimate of drug-likeness (QED) is 0.533. The first-order chi connectivity index (χ1) is 13.7. The number of para-hydroxylation sites is 1. The van der Waals surface area contributed by atoms with Gasteiger partial charge >= 0.3 is 18.1 Å². The van der Waals surface area contributed by atoms with Crippen LogP contribution in [0.3, 0.4) is 0 Å². The third kappa shape index (κ3) is 8.25. The van der Waals surface area contributed by atoms with Gasteiger partial charge in [0.05, 0.1) is 0 Å². The molecule has 2 aromatic carbocycles. The van der Waals surface area contributed by atoms with E-state index in [9.17, 15) is 22.8 Å². The SMILES string of the molecule is CC(OC(=O)CCCC(=O)OCc1cccc(Oc2ccccc2)c1)C(F)(F)F. The molecule has 8 heteroatoms. The van der Waals surface area contributed by atoms with Crippen molar-refractivity contribution in [3.05, 3.63) is 60.2 Å². The number of alkyl halides is 3. The molecule has 0 amide bonds. The molecule has 29 heavy (non-hydrogen) atoms. The number of hydrogen-bond donors (Lipinski definition) is 0. The molecule has 0 saturated heterocycles. The minimum Gasteiger partial charge on any atom is -0.461 e. The first kappa shape index (κ1) is 22.3. The van der Waals surface area contributed by atoms with Gasteiger partial charge in [0.25, 0.3) is 0 Å². The van der Waals surface area contributed by atoms with E-state index in [0.29, 0.717) is 17.1 Å². The second-order valence-corrected chi connectivity index (χ2v) is 6.25. The highest BCUT2D eigenvalue weighted by Gasteiger charge is 2.38. The molecule has 0 radical (unpaired) electrons. The van der Waals surface area contributed by atoms with Crippen LogP contribution in [0.5, 0.6) is 11.5 Å². The van der Waals surface area contributed by atoms with Gasteiger partial charge in [-0.15, -0.1) is 0 Å². The van der Waals surface area contributed by atoms with Crippen LogP contribution in [0, 0.1) is 0 Å². The maximum absolute atomic E-state index is 12.3. The number of benzene rings is 2. The molecule has 2 rings (SSSR count). The second-order valence-electron chi connectivity index (χ2n) is 6.25. The summed E-state index contributed by atoms with van der Waals surface area (Å²) in [5.74, 6) is -0.302. The van der Waals surface area contributed by atoms with Gasteiger partial charge in [-0.3, -0.25) is 9.59 Å². The van der Waals surface area contributed by atoms with Gasteiger partial charge in [-0.2, -0.15) is 13.2 Å². The van der Waals surface area contributed by atoms with Crippen molar-refractivity contribution in [3.63, 3.8) is 0 Å². The van der Waals surface area contributed by atoms with Crippen molar-refractivity contribution in [3.8, 4) is 11.5 Å². The van der Waals surface area contributed by atoms with Crippen molar-refractivity contribution < 1.29 is 37.0 Å². The van der Waals surface area contributed by atoms with Gasteiger partial charge in [0.15, 0.2) is 6.10 Å². The smallest absolute Gasteiger partial charge is 0.425 e. The Hall–Kier alpha value is -3.03. The van der Waals surface area contributed by atoms with E-state index in [-0.39, 0.29) is 25.9 Å². The molecule has 0 spiro atoms. The third-order valence-corrected chi connectivity index (χ3v) is 3.81. The van der Waals surface area contributed by atoms with Crippen molar-refractivity contribution in [2.24, 2.45) is 0 Å². The summed E-state index contributed by atoms with van der Waals surface area (Å²) in [5.41, 5.74) is 0.713. The lowest BCUT2D eigenvalue weighted by atomic mass is 10.2. The highest BCUT2D eigenvalue weighted by atomic mass is 19.4. The lowest BCUT2D eigenvalue weighted by Crippen LogP contribution is -2.30. The van der Waals surface area contributed by atoms with E-state index < -0.39 is 24.2 Å². The first-order valence-corrected chi connectivity index (χ1v) is 8.97. The standard InChI is InChI=1S/C21H21F3O5/c1-15(21(22,23)24)28-20(26)12-6-11-19(25)27-14-16-7-5-10-18(13-16)29-17-8-3-2-4-9-17/h2-5,7-10,13,15H,6,11-12,14H2,1H3. The van der Waals surface area contributed by atoms with Crippen LogP contribution in [0.2, 0.25) is 0 Å². The average molecular weight is 410 g/mol. The summed E-state index contributed by atoms with van der Waals surface area (Å²) in [6.45, 7) is 0.766. The van der Waals surface area contributed by atoms with E-state index in [4.69, 9.17) is 9.47 Å². The van der Waals surface area contributed by atoms with Crippen molar-refractivity contribution in [1.82, 2.24) is 0 Å². The van der Waals surface area contributed by atoms with Crippen LogP contribution in [-0.2, 0) is 25.7 Å². The molecule has 0 saturated carbocycles. The zero-order chi connectivity index (χ0) is 21.3. The highest BCUT2D eigenvalue weighted by Crippen LogP contribution is 2.23. The lowest BCUT2D eigenvalue weighted by Gasteiger charge is -2.16. The molecular weight excluding hydrogens is 389 g/mol. The third-order valence-electron chi connectivity index (χ3n) is 3.81. The maximum atomic E-state index is 12.3. The summed E-state index contributed by atoms with van der Waals surface area (Å²) in [5, 5.41) is 0. The van der Waals surface area contributed by atoms with E-state index in [2.05, 4.69) is 4.74 Å². The van der Waals surface area contributed by atoms with E-state index in [0.717, 1.165) is 6.92 Å².